The highest BCUT2D eigenvalue weighted by Gasteiger charge is 2.26. The smallest absolute Gasteiger partial charge is 0.207 e. The molecule has 0 aliphatic heterocycles. The Labute approximate surface area is 124 Å². The Morgan fingerprint density at radius 3 is 2.43 bits per heavy atom. The maximum Gasteiger partial charge on any atom is 0.243 e. The van der Waals surface area contributed by atoms with E-state index in [1.807, 2.05) is 20.8 Å². The molecule has 0 radical (unpaired) electrons. The van der Waals surface area contributed by atoms with E-state index < -0.39 is 10.0 Å². The van der Waals surface area contributed by atoms with Gasteiger partial charge in [-0.3, -0.25) is 0 Å². The number of rotatable bonds is 6. The Kier molecular flexibility index (Phi) is 4.69. The number of hydrogen-bond acceptors (Lipinski definition) is 5. The largest absolute Gasteiger partial charge is 0.243 e. The zero-order valence-corrected chi connectivity index (χ0v) is 13.1. The van der Waals surface area contributed by atoms with Crippen molar-refractivity contribution in [3.05, 3.63) is 35.7 Å². The topological polar surface area (TPSA) is 91.8 Å². The summed E-state index contributed by atoms with van der Waals surface area (Å²) in [6, 6.07) is 6.71. The highest BCUT2D eigenvalue weighted by atomic mass is 32.2. The number of H-pyrrole nitrogens is 1. The van der Waals surface area contributed by atoms with Crippen LogP contribution < -0.4 is 0 Å². The number of aryl methyl sites for hydroxylation is 1. The fourth-order valence-corrected chi connectivity index (χ4v) is 3.64. The third-order valence-corrected chi connectivity index (χ3v) is 5.24. The van der Waals surface area contributed by atoms with Crippen LogP contribution in [0.3, 0.4) is 0 Å². The van der Waals surface area contributed by atoms with Crippen molar-refractivity contribution in [3.8, 4) is 0 Å². The zero-order valence-electron chi connectivity index (χ0n) is 12.3. The van der Waals surface area contributed by atoms with E-state index in [2.05, 4.69) is 20.6 Å². The molecule has 0 amide bonds. The molecule has 2 aromatic rings. The third kappa shape index (κ3) is 3.64. The Bertz CT molecular complexity index is 665. The number of aromatic amines is 1. The fraction of sp³-hybridized carbons (Fsp3) is 0.462. The molecule has 7 nitrogen and oxygen atoms in total. The van der Waals surface area contributed by atoms with E-state index in [1.54, 1.807) is 24.3 Å². The molecule has 0 bridgehead atoms. The van der Waals surface area contributed by atoms with Crippen molar-refractivity contribution in [3.63, 3.8) is 0 Å². The van der Waals surface area contributed by atoms with Gasteiger partial charge in [0, 0.05) is 19.0 Å². The number of benzene rings is 1. The second-order valence-electron chi connectivity index (χ2n) is 5.10. The van der Waals surface area contributed by atoms with Crippen LogP contribution in [-0.4, -0.2) is 45.9 Å². The first kappa shape index (κ1) is 15.6. The van der Waals surface area contributed by atoms with Crippen LogP contribution in [0.1, 0.15) is 25.2 Å². The van der Waals surface area contributed by atoms with Crippen molar-refractivity contribution in [2.45, 2.75) is 38.1 Å². The van der Waals surface area contributed by atoms with E-state index in [9.17, 15) is 8.42 Å². The van der Waals surface area contributed by atoms with Gasteiger partial charge in [0.15, 0.2) is 5.82 Å². The molecule has 0 saturated heterocycles. The average molecular weight is 309 g/mol. The second-order valence-corrected chi connectivity index (χ2v) is 6.99. The van der Waals surface area contributed by atoms with E-state index in [0.717, 1.165) is 5.56 Å². The standard InChI is InChI=1S/C13H19N5O2S/c1-10(2)18(9-8-13-14-16-17-15-13)21(19,20)12-6-4-11(3)5-7-12/h4-7,10H,8-9H2,1-3H3,(H,14,15,16,17). The quantitative estimate of drug-likeness (QED) is 0.864. The molecule has 1 heterocycles. The highest BCUT2D eigenvalue weighted by Crippen LogP contribution is 2.19. The number of tetrazole rings is 1. The van der Waals surface area contributed by atoms with Crippen molar-refractivity contribution >= 4 is 10.0 Å². The fourth-order valence-electron chi connectivity index (χ4n) is 2.00. The minimum Gasteiger partial charge on any atom is -0.207 e. The summed E-state index contributed by atoms with van der Waals surface area (Å²) in [5, 5.41) is 13.5. The molecule has 0 fully saturated rings. The monoisotopic (exact) mass is 309 g/mol. The first-order valence-electron chi connectivity index (χ1n) is 6.72. The van der Waals surface area contributed by atoms with Gasteiger partial charge >= 0.3 is 0 Å². The van der Waals surface area contributed by atoms with E-state index in [1.165, 1.54) is 4.31 Å². The van der Waals surface area contributed by atoms with Crippen molar-refractivity contribution in [1.29, 1.82) is 0 Å². The van der Waals surface area contributed by atoms with Gasteiger partial charge in [-0.25, -0.2) is 8.42 Å². The van der Waals surface area contributed by atoms with Gasteiger partial charge in [-0.05, 0) is 32.9 Å². The molecule has 0 aliphatic carbocycles. The number of nitrogens with one attached hydrogen (secondary N) is 1. The van der Waals surface area contributed by atoms with Crippen molar-refractivity contribution in [2.24, 2.45) is 0 Å². The van der Waals surface area contributed by atoms with Gasteiger partial charge in [0.2, 0.25) is 10.0 Å². The molecule has 1 aromatic heterocycles. The van der Waals surface area contributed by atoms with Crippen LogP contribution >= 0.6 is 0 Å². The van der Waals surface area contributed by atoms with Crippen LogP contribution in [0.15, 0.2) is 29.2 Å². The molecule has 1 aromatic carbocycles. The molecule has 1 N–H and O–H groups in total. The lowest BCUT2D eigenvalue weighted by Crippen LogP contribution is -2.38. The SMILES string of the molecule is Cc1ccc(S(=O)(=O)N(CCc2nn[nH]n2)C(C)C)cc1. The normalized spacial score (nSPS) is 12.2. The van der Waals surface area contributed by atoms with Crippen LogP contribution in [0.4, 0.5) is 0 Å². The predicted octanol–water partition coefficient (Wildman–Crippen LogP) is 1.15. The molecule has 8 heteroatoms. The van der Waals surface area contributed by atoms with Crippen LogP contribution in [-0.2, 0) is 16.4 Å². The number of aromatic nitrogens is 4. The van der Waals surface area contributed by atoms with Gasteiger partial charge in [-0.2, -0.15) is 9.52 Å². The number of hydrogen-bond donors (Lipinski definition) is 1. The highest BCUT2D eigenvalue weighted by molar-refractivity contribution is 7.89. The van der Waals surface area contributed by atoms with E-state index in [0.29, 0.717) is 23.7 Å². The summed E-state index contributed by atoms with van der Waals surface area (Å²) < 4.78 is 26.9. The molecule has 0 spiro atoms. The molecule has 0 atom stereocenters. The van der Waals surface area contributed by atoms with Gasteiger partial charge in [-0.1, -0.05) is 22.9 Å². The molecule has 21 heavy (non-hydrogen) atoms. The van der Waals surface area contributed by atoms with Crippen LogP contribution in [0, 0.1) is 6.92 Å². The minimum atomic E-state index is -3.52. The summed E-state index contributed by atoms with van der Waals surface area (Å²) in [6.07, 6.45) is 0.416. The number of nitrogens with zero attached hydrogens (tertiary/aromatic N) is 4. The van der Waals surface area contributed by atoms with Gasteiger partial charge in [-0.15, -0.1) is 10.2 Å². The Hall–Kier alpha value is -1.80. The Morgan fingerprint density at radius 1 is 1.24 bits per heavy atom. The summed E-state index contributed by atoms with van der Waals surface area (Å²) in [4.78, 5) is 0.301. The summed E-state index contributed by atoms with van der Waals surface area (Å²) in [5.41, 5.74) is 1.02. The first-order valence-corrected chi connectivity index (χ1v) is 8.16. The maximum atomic E-state index is 12.7. The lowest BCUT2D eigenvalue weighted by molar-refractivity contribution is 0.355. The summed E-state index contributed by atoms with van der Waals surface area (Å²) in [6.45, 7) is 5.93. The first-order chi connectivity index (χ1) is 9.91. The molecule has 0 unspecified atom stereocenters. The van der Waals surface area contributed by atoms with Crippen molar-refractivity contribution in [1.82, 2.24) is 24.9 Å². The van der Waals surface area contributed by atoms with Crippen LogP contribution in [0.5, 0.6) is 0 Å². The number of sulfonamides is 1. The van der Waals surface area contributed by atoms with Gasteiger partial charge in [0.25, 0.3) is 0 Å². The lowest BCUT2D eigenvalue weighted by atomic mass is 10.2. The van der Waals surface area contributed by atoms with Crippen LogP contribution in [0.25, 0.3) is 0 Å². The predicted molar refractivity (Wildman–Crippen MR) is 78.1 cm³/mol. The van der Waals surface area contributed by atoms with Gasteiger partial charge in [0.1, 0.15) is 0 Å². The Morgan fingerprint density at radius 2 is 1.90 bits per heavy atom. The molecule has 0 saturated carbocycles. The van der Waals surface area contributed by atoms with E-state index >= 15 is 0 Å². The molecule has 0 aliphatic rings. The van der Waals surface area contributed by atoms with Crippen LogP contribution in [0.2, 0.25) is 0 Å². The summed E-state index contributed by atoms with van der Waals surface area (Å²) in [5.74, 6) is 0.500. The van der Waals surface area contributed by atoms with E-state index in [-0.39, 0.29) is 6.04 Å². The van der Waals surface area contributed by atoms with Gasteiger partial charge < -0.3 is 0 Å². The van der Waals surface area contributed by atoms with Gasteiger partial charge in [0.05, 0.1) is 4.90 Å². The lowest BCUT2D eigenvalue weighted by Gasteiger charge is -2.25. The summed E-state index contributed by atoms with van der Waals surface area (Å²) in [7, 11) is -3.52. The zero-order chi connectivity index (χ0) is 15.5. The second kappa shape index (κ2) is 6.31. The van der Waals surface area contributed by atoms with Crippen molar-refractivity contribution < 1.29 is 8.42 Å². The third-order valence-electron chi connectivity index (χ3n) is 3.15. The van der Waals surface area contributed by atoms with Crippen molar-refractivity contribution in [2.75, 3.05) is 6.54 Å². The summed E-state index contributed by atoms with van der Waals surface area (Å²) >= 11 is 0. The molecule has 114 valence electrons. The average Bonchev–Trinajstić information content (AvgIpc) is 2.92. The maximum absolute atomic E-state index is 12.7. The Balaban J connectivity index is 2.21. The molecule has 2 rings (SSSR count). The van der Waals surface area contributed by atoms with E-state index in [4.69, 9.17) is 0 Å². The molecular formula is C13H19N5O2S. The minimum absolute atomic E-state index is 0.150. The molecular weight excluding hydrogens is 290 g/mol.